The minimum Gasteiger partial charge on any atom is -0.467 e. The van der Waals surface area contributed by atoms with Crippen molar-refractivity contribution in [3.05, 3.63) is 16.3 Å². The van der Waals surface area contributed by atoms with E-state index in [0.29, 0.717) is 0 Å². The van der Waals surface area contributed by atoms with Gasteiger partial charge in [-0.1, -0.05) is 0 Å². The van der Waals surface area contributed by atoms with Gasteiger partial charge < -0.3 is 9.47 Å². The van der Waals surface area contributed by atoms with Gasteiger partial charge in [0.2, 0.25) is 5.95 Å². The van der Waals surface area contributed by atoms with E-state index in [2.05, 4.69) is 15.4 Å². The number of nitrogens with two attached hydrogens (primary N) is 1. The van der Waals surface area contributed by atoms with E-state index in [-0.39, 0.29) is 30.2 Å². The van der Waals surface area contributed by atoms with Crippen LogP contribution in [0.25, 0.3) is 0 Å². The largest absolute Gasteiger partial charge is 0.467 e. The molecule has 0 aliphatic heterocycles. The molecule has 0 aliphatic rings. The summed E-state index contributed by atoms with van der Waals surface area (Å²) >= 11 is 0. The molecule has 0 bridgehead atoms. The summed E-state index contributed by atoms with van der Waals surface area (Å²) in [5.74, 6) is 5.00. The highest BCUT2D eigenvalue weighted by Crippen LogP contribution is 2.25. The van der Waals surface area contributed by atoms with Gasteiger partial charge in [-0.05, 0) is 6.92 Å². The summed E-state index contributed by atoms with van der Waals surface area (Å²) in [6.07, 6.45) is 0.649. The van der Waals surface area contributed by atoms with Gasteiger partial charge in [-0.2, -0.15) is 4.98 Å². The number of ether oxygens (including phenoxy) is 2. The molecule has 0 aromatic carbocycles. The van der Waals surface area contributed by atoms with Crippen molar-refractivity contribution in [3.63, 3.8) is 0 Å². The first kappa shape index (κ1) is 13.1. The van der Waals surface area contributed by atoms with Crippen molar-refractivity contribution < 1.29 is 14.4 Å². The molecule has 0 saturated heterocycles. The first-order chi connectivity index (χ1) is 8.08. The van der Waals surface area contributed by atoms with Crippen LogP contribution in [0, 0.1) is 10.1 Å². The van der Waals surface area contributed by atoms with Gasteiger partial charge in [-0.25, -0.2) is 10.8 Å². The molecule has 3 N–H and O–H groups in total. The molecule has 1 aromatic rings. The van der Waals surface area contributed by atoms with Crippen molar-refractivity contribution in [3.8, 4) is 5.88 Å². The van der Waals surface area contributed by atoms with E-state index in [1.165, 1.54) is 7.11 Å². The van der Waals surface area contributed by atoms with E-state index in [0.717, 1.165) is 6.20 Å². The number of nitrogen functional groups attached to an aromatic ring is 1. The Labute approximate surface area is 97.1 Å². The lowest BCUT2D eigenvalue weighted by Crippen LogP contribution is -2.20. The van der Waals surface area contributed by atoms with Gasteiger partial charge in [0.1, 0.15) is 12.3 Å². The van der Waals surface area contributed by atoms with Crippen LogP contribution in [-0.4, -0.2) is 34.7 Å². The highest BCUT2D eigenvalue weighted by atomic mass is 16.6. The van der Waals surface area contributed by atoms with E-state index in [9.17, 15) is 10.1 Å². The van der Waals surface area contributed by atoms with Crippen LogP contribution in [0.1, 0.15) is 6.92 Å². The first-order valence-electron chi connectivity index (χ1n) is 4.72. The molecule has 1 heterocycles. The van der Waals surface area contributed by atoms with Crippen molar-refractivity contribution in [1.29, 1.82) is 0 Å². The second kappa shape index (κ2) is 5.92. The minimum atomic E-state index is -0.630. The Morgan fingerprint density at radius 2 is 2.41 bits per heavy atom. The maximum absolute atomic E-state index is 10.7. The van der Waals surface area contributed by atoms with Crippen LogP contribution in [0.15, 0.2) is 6.20 Å². The summed E-state index contributed by atoms with van der Waals surface area (Å²) in [5, 5.41) is 10.7. The molecule has 1 aromatic heterocycles. The summed E-state index contributed by atoms with van der Waals surface area (Å²) in [4.78, 5) is 17.5. The maximum atomic E-state index is 10.7. The topological polar surface area (TPSA) is 125 Å². The minimum absolute atomic E-state index is 0.0372. The normalized spacial score (nSPS) is 11.9. The van der Waals surface area contributed by atoms with Crippen LogP contribution >= 0.6 is 0 Å². The number of nitro groups is 1. The van der Waals surface area contributed by atoms with E-state index in [4.69, 9.17) is 15.3 Å². The summed E-state index contributed by atoms with van der Waals surface area (Å²) in [6.45, 7) is 1.98. The predicted molar refractivity (Wildman–Crippen MR) is 58.5 cm³/mol. The standard InChI is InChI=1S/C8H13N5O4/c1-5(4-16-2)17-7-6(13(14)15)3-10-8(11-7)12-9/h3,5H,4,9H2,1-2H3,(H,10,11,12). The van der Waals surface area contributed by atoms with Crippen molar-refractivity contribution in [2.45, 2.75) is 13.0 Å². The second-order valence-electron chi connectivity index (χ2n) is 3.17. The van der Waals surface area contributed by atoms with Gasteiger partial charge >= 0.3 is 5.69 Å². The number of hydrogen-bond donors (Lipinski definition) is 2. The highest BCUT2D eigenvalue weighted by molar-refractivity contribution is 5.42. The molecule has 0 radical (unpaired) electrons. The number of aromatic nitrogens is 2. The number of hydrazine groups is 1. The molecule has 9 nitrogen and oxygen atoms in total. The highest BCUT2D eigenvalue weighted by Gasteiger charge is 2.20. The zero-order valence-electron chi connectivity index (χ0n) is 9.41. The molecule has 9 heteroatoms. The fourth-order valence-corrected chi connectivity index (χ4v) is 1.10. The van der Waals surface area contributed by atoms with Crippen molar-refractivity contribution in [2.24, 2.45) is 5.84 Å². The third kappa shape index (κ3) is 3.50. The molecular weight excluding hydrogens is 230 g/mol. The van der Waals surface area contributed by atoms with Crippen LogP contribution in [0.4, 0.5) is 11.6 Å². The average Bonchev–Trinajstić information content (AvgIpc) is 2.28. The summed E-state index contributed by atoms with van der Waals surface area (Å²) in [5.41, 5.74) is 1.86. The monoisotopic (exact) mass is 243 g/mol. The number of rotatable bonds is 6. The third-order valence-corrected chi connectivity index (χ3v) is 1.78. The molecule has 1 atom stereocenters. The predicted octanol–water partition coefficient (Wildman–Crippen LogP) is 0.0841. The molecule has 94 valence electrons. The Bertz CT molecular complexity index is 400. The van der Waals surface area contributed by atoms with Gasteiger partial charge in [-0.15, -0.1) is 0 Å². The average molecular weight is 243 g/mol. The zero-order valence-corrected chi connectivity index (χ0v) is 9.41. The quantitative estimate of drug-likeness (QED) is 0.409. The number of anilines is 1. The zero-order chi connectivity index (χ0) is 12.8. The Morgan fingerprint density at radius 3 is 2.94 bits per heavy atom. The first-order valence-corrected chi connectivity index (χ1v) is 4.72. The summed E-state index contributed by atoms with van der Waals surface area (Å²) in [7, 11) is 1.50. The lowest BCUT2D eigenvalue weighted by Gasteiger charge is -2.12. The smallest absolute Gasteiger partial charge is 0.349 e. The number of nitrogens with zero attached hydrogens (tertiary/aromatic N) is 3. The van der Waals surface area contributed by atoms with Crippen LogP contribution in [0.5, 0.6) is 5.88 Å². The van der Waals surface area contributed by atoms with Gasteiger partial charge in [0.25, 0.3) is 5.88 Å². The Kier molecular flexibility index (Phi) is 4.55. The Balaban J connectivity index is 2.96. The van der Waals surface area contributed by atoms with Crippen LogP contribution in [0.2, 0.25) is 0 Å². The molecular formula is C8H13N5O4. The molecule has 0 fully saturated rings. The molecule has 0 aliphatic carbocycles. The van der Waals surface area contributed by atoms with Crippen LogP contribution in [-0.2, 0) is 4.74 Å². The molecule has 1 rings (SSSR count). The van der Waals surface area contributed by atoms with E-state index < -0.39 is 4.92 Å². The summed E-state index contributed by atoms with van der Waals surface area (Å²) in [6, 6.07) is 0. The Morgan fingerprint density at radius 1 is 1.71 bits per heavy atom. The van der Waals surface area contributed by atoms with Crippen molar-refractivity contribution in [2.75, 3.05) is 19.1 Å². The summed E-state index contributed by atoms with van der Waals surface area (Å²) < 4.78 is 10.1. The molecule has 0 spiro atoms. The van der Waals surface area contributed by atoms with E-state index in [1.54, 1.807) is 6.92 Å². The fraction of sp³-hybridized carbons (Fsp3) is 0.500. The van der Waals surface area contributed by atoms with Crippen molar-refractivity contribution >= 4 is 11.6 Å². The molecule has 1 unspecified atom stereocenters. The lowest BCUT2D eigenvalue weighted by atomic mass is 10.4. The van der Waals surface area contributed by atoms with Gasteiger partial charge in [0, 0.05) is 7.11 Å². The lowest BCUT2D eigenvalue weighted by molar-refractivity contribution is -0.386. The number of methoxy groups -OCH3 is 1. The number of hydrogen-bond acceptors (Lipinski definition) is 8. The molecule has 0 saturated carbocycles. The van der Waals surface area contributed by atoms with Gasteiger partial charge in [-0.3, -0.25) is 15.5 Å². The maximum Gasteiger partial charge on any atom is 0.349 e. The van der Waals surface area contributed by atoms with Gasteiger partial charge in [0.15, 0.2) is 0 Å². The third-order valence-electron chi connectivity index (χ3n) is 1.78. The number of nitrogens with one attached hydrogen (secondary N) is 1. The fourth-order valence-electron chi connectivity index (χ4n) is 1.10. The second-order valence-corrected chi connectivity index (χ2v) is 3.17. The van der Waals surface area contributed by atoms with Crippen LogP contribution < -0.4 is 16.0 Å². The van der Waals surface area contributed by atoms with Crippen LogP contribution in [0.3, 0.4) is 0 Å². The Hall–Kier alpha value is -2.00. The van der Waals surface area contributed by atoms with Gasteiger partial charge in [0.05, 0.1) is 11.5 Å². The molecule has 17 heavy (non-hydrogen) atoms. The molecule has 0 amide bonds. The van der Waals surface area contributed by atoms with Crippen molar-refractivity contribution in [1.82, 2.24) is 9.97 Å². The SMILES string of the molecule is COCC(C)Oc1nc(NN)ncc1[N+](=O)[O-]. The van der Waals surface area contributed by atoms with E-state index >= 15 is 0 Å². The van der Waals surface area contributed by atoms with E-state index in [1.807, 2.05) is 0 Å².